The highest BCUT2D eigenvalue weighted by Gasteiger charge is 2.33. The minimum absolute atomic E-state index is 0.0640. The topological polar surface area (TPSA) is 55.4 Å². The van der Waals surface area contributed by atoms with Gasteiger partial charge in [0.2, 0.25) is 0 Å². The minimum atomic E-state index is -2.48. The van der Waals surface area contributed by atoms with Crippen molar-refractivity contribution >= 4 is 29.3 Å². The molecule has 1 N–H and O–H groups in total. The zero-order valence-corrected chi connectivity index (χ0v) is 12.2. The number of nitrogens with one attached hydrogen (secondary N) is 1. The third kappa shape index (κ3) is 5.00. The van der Waals surface area contributed by atoms with Gasteiger partial charge in [-0.15, -0.1) is 0 Å². The van der Waals surface area contributed by atoms with Crippen molar-refractivity contribution in [3.05, 3.63) is 24.3 Å². The quantitative estimate of drug-likeness (QED) is 0.646. The van der Waals surface area contributed by atoms with E-state index >= 15 is 0 Å². The molecular weight excluding hydrogens is 300 g/mol. The second kappa shape index (κ2) is 6.89. The summed E-state index contributed by atoms with van der Waals surface area (Å²) in [5.41, 5.74) is 0.466. The van der Waals surface area contributed by atoms with E-state index in [9.17, 15) is 18.4 Å². The lowest BCUT2D eigenvalue weighted by molar-refractivity contribution is -0.154. The zero-order valence-electron chi connectivity index (χ0n) is 11.3. The maximum absolute atomic E-state index is 12.2. The lowest BCUT2D eigenvalue weighted by atomic mass is 10.3. The number of ether oxygens (including phenoxy) is 1. The Balaban J connectivity index is 1.84. The van der Waals surface area contributed by atoms with Gasteiger partial charge in [0.15, 0.2) is 6.10 Å². The van der Waals surface area contributed by atoms with Gasteiger partial charge in [0.25, 0.3) is 11.7 Å². The normalized spacial score (nSPS) is 15.6. The first-order valence-corrected chi connectivity index (χ1v) is 7.40. The van der Waals surface area contributed by atoms with Crippen LogP contribution in [-0.2, 0) is 14.3 Å². The zero-order chi connectivity index (χ0) is 15.4. The van der Waals surface area contributed by atoms with Gasteiger partial charge in [0, 0.05) is 10.6 Å². The summed E-state index contributed by atoms with van der Waals surface area (Å²) in [5, 5.41) is 2.57. The van der Waals surface area contributed by atoms with Gasteiger partial charge in [-0.3, -0.25) is 9.59 Å². The Labute approximate surface area is 125 Å². The average Bonchev–Trinajstić information content (AvgIpc) is 3.24. The van der Waals surface area contributed by atoms with Crippen molar-refractivity contribution in [3.63, 3.8) is 0 Å². The van der Waals surface area contributed by atoms with Crippen LogP contribution in [0.1, 0.15) is 19.8 Å². The first-order valence-electron chi connectivity index (χ1n) is 6.52. The molecule has 114 valence electrons. The van der Waals surface area contributed by atoms with Gasteiger partial charge in [0.05, 0.1) is 5.92 Å². The van der Waals surface area contributed by atoms with Crippen molar-refractivity contribution in [1.29, 1.82) is 0 Å². The van der Waals surface area contributed by atoms with E-state index in [0.717, 1.165) is 12.8 Å². The van der Waals surface area contributed by atoms with Crippen LogP contribution < -0.4 is 5.32 Å². The monoisotopic (exact) mass is 315 g/mol. The van der Waals surface area contributed by atoms with Crippen LogP contribution in [0.5, 0.6) is 0 Å². The van der Waals surface area contributed by atoms with Crippen LogP contribution >= 0.6 is 11.8 Å². The van der Waals surface area contributed by atoms with E-state index in [-0.39, 0.29) is 11.9 Å². The van der Waals surface area contributed by atoms with E-state index in [4.69, 9.17) is 4.74 Å². The standard InChI is InChI=1S/C14H15F2NO3S/c1-8(20-13(19)9-2-3-9)12(18)17-10-4-6-11(7-5-10)21-14(15)16/h4-9,14H,2-3H2,1H3,(H,17,18)/t8-/m1/s1. The third-order valence-electron chi connectivity index (χ3n) is 2.92. The molecule has 7 heteroatoms. The highest BCUT2D eigenvalue weighted by atomic mass is 32.2. The molecule has 1 aromatic carbocycles. The Morgan fingerprint density at radius 2 is 1.90 bits per heavy atom. The Morgan fingerprint density at radius 1 is 1.29 bits per heavy atom. The highest BCUT2D eigenvalue weighted by Crippen LogP contribution is 2.30. The molecule has 0 bridgehead atoms. The molecule has 21 heavy (non-hydrogen) atoms. The van der Waals surface area contributed by atoms with E-state index in [0.29, 0.717) is 22.3 Å². The summed E-state index contributed by atoms with van der Waals surface area (Å²) in [6.07, 6.45) is 0.751. The van der Waals surface area contributed by atoms with E-state index < -0.39 is 17.8 Å². The van der Waals surface area contributed by atoms with E-state index in [2.05, 4.69) is 5.32 Å². The van der Waals surface area contributed by atoms with Gasteiger partial charge in [-0.2, -0.15) is 8.78 Å². The average molecular weight is 315 g/mol. The van der Waals surface area contributed by atoms with Crippen LogP contribution in [0.2, 0.25) is 0 Å². The number of hydrogen-bond donors (Lipinski definition) is 1. The first-order chi connectivity index (χ1) is 9.95. The van der Waals surface area contributed by atoms with Gasteiger partial charge < -0.3 is 10.1 Å². The number of carbonyl (C=O) groups is 2. The summed E-state index contributed by atoms with van der Waals surface area (Å²) in [4.78, 5) is 23.7. The summed E-state index contributed by atoms with van der Waals surface area (Å²) < 4.78 is 29.4. The maximum atomic E-state index is 12.2. The molecule has 0 aliphatic heterocycles. The van der Waals surface area contributed by atoms with E-state index in [1.165, 1.54) is 31.2 Å². The second-order valence-corrected chi connectivity index (χ2v) is 5.81. The Hall–Kier alpha value is -1.63. The predicted molar refractivity (Wildman–Crippen MR) is 75.2 cm³/mol. The SMILES string of the molecule is C[C@@H](OC(=O)C1CC1)C(=O)Nc1ccc(SC(F)F)cc1. The minimum Gasteiger partial charge on any atom is -0.452 e. The van der Waals surface area contributed by atoms with E-state index in [1.54, 1.807) is 0 Å². The molecule has 1 fully saturated rings. The van der Waals surface area contributed by atoms with Crippen molar-refractivity contribution in [2.24, 2.45) is 5.92 Å². The van der Waals surface area contributed by atoms with Gasteiger partial charge in [-0.1, -0.05) is 11.8 Å². The molecule has 1 aliphatic carbocycles. The first kappa shape index (κ1) is 15.8. The number of rotatable bonds is 6. The van der Waals surface area contributed by atoms with Gasteiger partial charge in [-0.25, -0.2) is 0 Å². The Kier molecular flexibility index (Phi) is 5.17. The summed E-state index contributed by atoms with van der Waals surface area (Å²) >= 11 is 0.435. The second-order valence-electron chi connectivity index (χ2n) is 4.75. The Morgan fingerprint density at radius 3 is 2.43 bits per heavy atom. The lowest BCUT2D eigenvalue weighted by Crippen LogP contribution is -2.30. The number of alkyl halides is 2. The molecule has 2 rings (SSSR count). The van der Waals surface area contributed by atoms with Crippen LogP contribution in [0.4, 0.5) is 14.5 Å². The van der Waals surface area contributed by atoms with Gasteiger partial charge in [0.1, 0.15) is 0 Å². The number of halogens is 2. The number of thioether (sulfide) groups is 1. The summed E-state index contributed by atoms with van der Waals surface area (Å²) in [6.45, 7) is 1.50. The van der Waals surface area contributed by atoms with Crippen molar-refractivity contribution in [1.82, 2.24) is 0 Å². The molecule has 1 aliphatic rings. The summed E-state index contributed by atoms with van der Waals surface area (Å²) in [6, 6.07) is 6.04. The maximum Gasteiger partial charge on any atom is 0.309 e. The van der Waals surface area contributed by atoms with Crippen molar-refractivity contribution in [3.8, 4) is 0 Å². The largest absolute Gasteiger partial charge is 0.452 e. The number of hydrogen-bond acceptors (Lipinski definition) is 4. The molecule has 4 nitrogen and oxygen atoms in total. The lowest BCUT2D eigenvalue weighted by Gasteiger charge is -2.13. The summed E-state index contributed by atoms with van der Waals surface area (Å²) in [5.74, 6) is -3.34. The number of anilines is 1. The third-order valence-corrected chi connectivity index (χ3v) is 3.64. The van der Waals surface area contributed by atoms with Crippen molar-refractivity contribution < 1.29 is 23.1 Å². The number of benzene rings is 1. The van der Waals surface area contributed by atoms with Gasteiger partial charge >= 0.3 is 5.97 Å². The van der Waals surface area contributed by atoms with E-state index in [1.807, 2.05) is 0 Å². The molecule has 0 spiro atoms. The fourth-order valence-corrected chi connectivity index (χ4v) is 2.11. The molecule has 0 saturated heterocycles. The molecule has 1 amide bonds. The molecule has 0 unspecified atom stereocenters. The van der Waals surface area contributed by atoms with Crippen LogP contribution in [0, 0.1) is 5.92 Å². The molecular formula is C14H15F2NO3S. The number of amides is 1. The van der Waals surface area contributed by atoms with Crippen LogP contribution in [0.25, 0.3) is 0 Å². The van der Waals surface area contributed by atoms with Crippen molar-refractivity contribution in [2.75, 3.05) is 5.32 Å². The molecule has 0 aromatic heterocycles. The Bertz CT molecular complexity index is 517. The molecule has 0 heterocycles. The van der Waals surface area contributed by atoms with Gasteiger partial charge in [-0.05, 0) is 44.0 Å². The smallest absolute Gasteiger partial charge is 0.309 e. The molecule has 1 atom stereocenters. The molecule has 0 radical (unpaired) electrons. The number of esters is 1. The fourth-order valence-electron chi connectivity index (χ4n) is 1.61. The molecule has 1 saturated carbocycles. The summed E-state index contributed by atoms with van der Waals surface area (Å²) in [7, 11) is 0. The predicted octanol–water partition coefficient (Wildman–Crippen LogP) is 3.28. The fraction of sp³-hybridized carbons (Fsp3) is 0.429. The van der Waals surface area contributed by atoms with Crippen LogP contribution in [-0.4, -0.2) is 23.7 Å². The highest BCUT2D eigenvalue weighted by molar-refractivity contribution is 7.99. The number of carbonyl (C=O) groups excluding carboxylic acids is 2. The molecule has 1 aromatic rings. The van der Waals surface area contributed by atoms with Crippen molar-refractivity contribution in [2.45, 2.75) is 36.5 Å². The van der Waals surface area contributed by atoms with Crippen LogP contribution in [0.15, 0.2) is 29.2 Å². The van der Waals surface area contributed by atoms with Crippen LogP contribution in [0.3, 0.4) is 0 Å².